The van der Waals surface area contributed by atoms with Crippen LogP contribution in [0.1, 0.15) is 74.7 Å². The molecule has 0 fully saturated rings. The largest absolute Gasteiger partial charge is 0.463 e. The van der Waals surface area contributed by atoms with E-state index in [9.17, 15) is 4.79 Å². The maximum atomic E-state index is 11.4. The third-order valence-electron chi connectivity index (χ3n) is 3.34. The second kappa shape index (κ2) is 9.59. The highest BCUT2D eigenvalue weighted by molar-refractivity contribution is 5.86. The number of carbonyl (C=O) groups is 1. The molecule has 0 aliphatic heterocycles. The highest BCUT2D eigenvalue weighted by atomic mass is 16.5. The molecule has 1 heterocycles. The fourth-order valence-electron chi connectivity index (χ4n) is 2.19. The molecule has 0 radical (unpaired) electrons. The smallest absolute Gasteiger partial charge is 0.373 e. The maximum Gasteiger partial charge on any atom is 0.373 e. The Morgan fingerprint density at radius 2 is 2.05 bits per heavy atom. The van der Waals surface area contributed by atoms with Crippen molar-refractivity contribution in [2.75, 3.05) is 13.7 Å². The molecule has 0 aromatic carbocycles. The van der Waals surface area contributed by atoms with Crippen LogP contribution in [0.15, 0.2) is 16.5 Å². The molecule has 1 unspecified atom stereocenters. The zero-order chi connectivity index (χ0) is 14.8. The van der Waals surface area contributed by atoms with Crippen molar-refractivity contribution in [1.82, 2.24) is 5.32 Å². The van der Waals surface area contributed by atoms with E-state index in [1.165, 1.54) is 32.8 Å². The molecule has 4 heteroatoms. The molecule has 1 aromatic heterocycles. The Morgan fingerprint density at radius 1 is 1.25 bits per heavy atom. The zero-order valence-corrected chi connectivity index (χ0v) is 12.9. The van der Waals surface area contributed by atoms with E-state index in [2.05, 4.69) is 23.9 Å². The first-order valence-corrected chi connectivity index (χ1v) is 7.64. The minimum Gasteiger partial charge on any atom is -0.463 e. The summed E-state index contributed by atoms with van der Waals surface area (Å²) in [6.07, 6.45) is 7.03. The van der Waals surface area contributed by atoms with Crippen LogP contribution < -0.4 is 5.32 Å². The Bertz CT molecular complexity index is 387. The lowest BCUT2D eigenvalue weighted by Crippen LogP contribution is -2.21. The van der Waals surface area contributed by atoms with Gasteiger partial charge in [0.1, 0.15) is 5.76 Å². The maximum absolute atomic E-state index is 11.4. The number of hydrogen-bond acceptors (Lipinski definition) is 4. The molecule has 1 atom stereocenters. The SMILES string of the molecule is CCCCCCC(NCCC)c1ccc(C(=O)OC)o1. The Hall–Kier alpha value is -1.29. The summed E-state index contributed by atoms with van der Waals surface area (Å²) in [5.74, 6) is 0.686. The van der Waals surface area contributed by atoms with Gasteiger partial charge in [0, 0.05) is 0 Å². The Balaban J connectivity index is 2.61. The predicted molar refractivity (Wildman–Crippen MR) is 79.8 cm³/mol. The monoisotopic (exact) mass is 281 g/mol. The highest BCUT2D eigenvalue weighted by Gasteiger charge is 2.17. The number of methoxy groups -OCH3 is 1. The fraction of sp³-hybridized carbons (Fsp3) is 0.688. The van der Waals surface area contributed by atoms with Crippen LogP contribution >= 0.6 is 0 Å². The van der Waals surface area contributed by atoms with Gasteiger partial charge in [-0.2, -0.15) is 0 Å². The molecule has 1 aromatic rings. The third-order valence-corrected chi connectivity index (χ3v) is 3.34. The van der Waals surface area contributed by atoms with Gasteiger partial charge in [-0.1, -0.05) is 39.5 Å². The normalized spacial score (nSPS) is 12.3. The molecule has 0 bridgehead atoms. The van der Waals surface area contributed by atoms with Crippen LogP contribution in [0.3, 0.4) is 0 Å². The van der Waals surface area contributed by atoms with E-state index in [1.54, 1.807) is 6.07 Å². The van der Waals surface area contributed by atoms with Crippen molar-refractivity contribution in [3.8, 4) is 0 Å². The number of nitrogens with one attached hydrogen (secondary N) is 1. The Kier molecular flexibility index (Phi) is 8.04. The average Bonchev–Trinajstić information content (AvgIpc) is 2.95. The lowest BCUT2D eigenvalue weighted by molar-refractivity contribution is 0.0561. The van der Waals surface area contributed by atoms with Crippen LogP contribution in [0, 0.1) is 0 Å². The van der Waals surface area contributed by atoms with Gasteiger partial charge in [0.2, 0.25) is 5.76 Å². The molecule has 0 amide bonds. The summed E-state index contributed by atoms with van der Waals surface area (Å²) >= 11 is 0. The summed E-state index contributed by atoms with van der Waals surface area (Å²) in [5, 5.41) is 3.49. The predicted octanol–water partition coefficient (Wildman–Crippen LogP) is 4.08. The van der Waals surface area contributed by atoms with E-state index in [0.29, 0.717) is 0 Å². The number of furan rings is 1. The quantitative estimate of drug-likeness (QED) is 0.518. The Labute approximate surface area is 121 Å². The minimum absolute atomic E-state index is 0.185. The van der Waals surface area contributed by atoms with E-state index in [1.807, 2.05) is 6.07 Å². The molecule has 0 saturated heterocycles. The molecule has 0 aliphatic carbocycles. The lowest BCUT2D eigenvalue weighted by atomic mass is 10.1. The average molecular weight is 281 g/mol. The van der Waals surface area contributed by atoms with Crippen molar-refractivity contribution in [3.63, 3.8) is 0 Å². The first kappa shape index (κ1) is 16.8. The molecule has 1 N–H and O–H groups in total. The summed E-state index contributed by atoms with van der Waals surface area (Å²) in [4.78, 5) is 11.4. The number of hydrogen-bond donors (Lipinski definition) is 1. The van der Waals surface area contributed by atoms with Gasteiger partial charge >= 0.3 is 5.97 Å². The van der Waals surface area contributed by atoms with Gasteiger partial charge in [0.15, 0.2) is 0 Å². The number of ether oxygens (including phenoxy) is 1. The van der Waals surface area contributed by atoms with Crippen molar-refractivity contribution in [2.24, 2.45) is 0 Å². The van der Waals surface area contributed by atoms with Crippen molar-refractivity contribution in [3.05, 3.63) is 23.7 Å². The molecular weight excluding hydrogens is 254 g/mol. The van der Waals surface area contributed by atoms with Crippen LogP contribution in [0.5, 0.6) is 0 Å². The van der Waals surface area contributed by atoms with Crippen LogP contribution in [0.4, 0.5) is 0 Å². The molecular formula is C16H27NO3. The minimum atomic E-state index is -0.420. The summed E-state index contributed by atoms with van der Waals surface area (Å²) in [5.41, 5.74) is 0. The molecule has 20 heavy (non-hydrogen) atoms. The van der Waals surface area contributed by atoms with E-state index in [4.69, 9.17) is 4.42 Å². The van der Waals surface area contributed by atoms with Crippen LogP contribution in [0.2, 0.25) is 0 Å². The van der Waals surface area contributed by atoms with E-state index in [0.717, 1.165) is 25.1 Å². The number of rotatable bonds is 10. The second-order valence-corrected chi connectivity index (χ2v) is 5.05. The molecule has 0 spiro atoms. The first-order chi connectivity index (χ1) is 9.72. The van der Waals surface area contributed by atoms with Gasteiger partial charge in [0.25, 0.3) is 0 Å². The summed E-state index contributed by atoms with van der Waals surface area (Å²) in [7, 11) is 1.36. The lowest BCUT2D eigenvalue weighted by Gasteiger charge is -2.16. The fourth-order valence-corrected chi connectivity index (χ4v) is 2.19. The molecule has 1 rings (SSSR count). The molecule has 0 saturated carbocycles. The third kappa shape index (κ3) is 5.37. The van der Waals surface area contributed by atoms with E-state index >= 15 is 0 Å². The number of carbonyl (C=O) groups excluding carboxylic acids is 1. The first-order valence-electron chi connectivity index (χ1n) is 7.64. The van der Waals surface area contributed by atoms with Gasteiger partial charge in [0.05, 0.1) is 13.2 Å². The Morgan fingerprint density at radius 3 is 2.70 bits per heavy atom. The van der Waals surface area contributed by atoms with Gasteiger partial charge in [-0.25, -0.2) is 4.79 Å². The molecule has 4 nitrogen and oxygen atoms in total. The molecule has 0 aliphatic rings. The summed E-state index contributed by atoms with van der Waals surface area (Å²) in [6.45, 7) is 5.30. The van der Waals surface area contributed by atoms with E-state index in [-0.39, 0.29) is 11.8 Å². The topological polar surface area (TPSA) is 51.5 Å². The highest BCUT2D eigenvalue weighted by Crippen LogP contribution is 2.23. The number of esters is 1. The van der Waals surface area contributed by atoms with Gasteiger partial charge in [-0.05, 0) is 31.5 Å². The summed E-state index contributed by atoms with van der Waals surface area (Å²) < 4.78 is 10.3. The van der Waals surface area contributed by atoms with Gasteiger partial charge in [-0.15, -0.1) is 0 Å². The standard InChI is InChI=1S/C16H27NO3/c1-4-6-7-8-9-13(17-12-5-2)14-10-11-15(20-14)16(18)19-3/h10-11,13,17H,4-9,12H2,1-3H3. The van der Waals surface area contributed by atoms with Gasteiger partial charge in [-0.3, -0.25) is 0 Å². The zero-order valence-electron chi connectivity index (χ0n) is 12.9. The van der Waals surface area contributed by atoms with Crippen LogP contribution in [-0.4, -0.2) is 19.6 Å². The van der Waals surface area contributed by atoms with Crippen molar-refractivity contribution in [1.29, 1.82) is 0 Å². The van der Waals surface area contributed by atoms with Crippen LogP contribution in [-0.2, 0) is 4.74 Å². The van der Waals surface area contributed by atoms with Crippen molar-refractivity contribution < 1.29 is 13.9 Å². The number of unbranched alkanes of at least 4 members (excludes halogenated alkanes) is 3. The van der Waals surface area contributed by atoms with Crippen molar-refractivity contribution >= 4 is 5.97 Å². The van der Waals surface area contributed by atoms with Crippen LogP contribution in [0.25, 0.3) is 0 Å². The van der Waals surface area contributed by atoms with Gasteiger partial charge < -0.3 is 14.5 Å². The molecule has 114 valence electrons. The second-order valence-electron chi connectivity index (χ2n) is 5.05. The summed E-state index contributed by atoms with van der Waals surface area (Å²) in [6, 6.07) is 3.75. The van der Waals surface area contributed by atoms with Crippen molar-refractivity contribution in [2.45, 2.75) is 58.4 Å². The van der Waals surface area contributed by atoms with E-state index < -0.39 is 5.97 Å².